The van der Waals surface area contributed by atoms with Gasteiger partial charge in [-0.05, 0) is 36.5 Å². The van der Waals surface area contributed by atoms with Crippen LogP contribution in [0, 0.1) is 5.92 Å². The van der Waals surface area contributed by atoms with Gasteiger partial charge in [-0.2, -0.15) is 4.31 Å². The van der Waals surface area contributed by atoms with Crippen molar-refractivity contribution in [3.63, 3.8) is 0 Å². The molecule has 1 aliphatic heterocycles. The summed E-state index contributed by atoms with van der Waals surface area (Å²) >= 11 is 1.39. The first-order chi connectivity index (χ1) is 15.3. The molecule has 3 heterocycles. The van der Waals surface area contributed by atoms with Gasteiger partial charge in [0.1, 0.15) is 4.90 Å². The number of thiazole rings is 1. The molecule has 2 aromatic heterocycles. The lowest BCUT2D eigenvalue weighted by molar-refractivity contribution is -0.120. The van der Waals surface area contributed by atoms with E-state index in [1.54, 1.807) is 12.3 Å². The van der Waals surface area contributed by atoms with Crippen LogP contribution in [0.1, 0.15) is 38.2 Å². The van der Waals surface area contributed by atoms with E-state index in [2.05, 4.69) is 53.4 Å². The van der Waals surface area contributed by atoms with E-state index in [9.17, 15) is 13.2 Å². The summed E-state index contributed by atoms with van der Waals surface area (Å²) in [6, 6.07) is 11.4. The second-order valence-electron chi connectivity index (χ2n) is 8.17. The number of aromatic nitrogens is 2. The number of piperidine rings is 1. The molecule has 1 fully saturated rings. The molecule has 1 aliphatic rings. The Morgan fingerprint density at radius 3 is 2.50 bits per heavy atom. The minimum atomic E-state index is -3.58. The van der Waals surface area contributed by atoms with Gasteiger partial charge >= 0.3 is 0 Å². The quantitative estimate of drug-likeness (QED) is 0.578. The molecule has 1 aromatic carbocycles. The van der Waals surface area contributed by atoms with E-state index in [0.29, 0.717) is 37.0 Å². The normalized spacial score (nSPS) is 15.7. The smallest absolute Gasteiger partial charge is 0.244 e. The lowest BCUT2D eigenvalue weighted by Gasteiger charge is -2.30. The number of rotatable bonds is 6. The molecule has 1 N–H and O–H groups in total. The molecule has 9 heteroatoms. The zero-order valence-electron chi connectivity index (χ0n) is 18.1. The Labute approximate surface area is 192 Å². The molecule has 1 saturated heterocycles. The maximum atomic E-state index is 12.7. The molecule has 0 radical (unpaired) electrons. The van der Waals surface area contributed by atoms with Crippen LogP contribution in [-0.4, -0.2) is 41.7 Å². The van der Waals surface area contributed by atoms with Gasteiger partial charge in [0, 0.05) is 42.3 Å². The van der Waals surface area contributed by atoms with Crippen LogP contribution in [0.15, 0.2) is 59.1 Å². The number of pyridine rings is 1. The Balaban J connectivity index is 1.35. The third-order valence-corrected chi connectivity index (χ3v) is 8.34. The van der Waals surface area contributed by atoms with Crippen LogP contribution >= 0.6 is 11.3 Å². The van der Waals surface area contributed by atoms with Crippen LogP contribution in [0.2, 0.25) is 0 Å². The van der Waals surface area contributed by atoms with Gasteiger partial charge in [0.2, 0.25) is 15.9 Å². The van der Waals surface area contributed by atoms with Crippen molar-refractivity contribution in [3.8, 4) is 11.3 Å². The zero-order valence-corrected chi connectivity index (χ0v) is 19.7. The summed E-state index contributed by atoms with van der Waals surface area (Å²) in [6.07, 6.45) is 3.84. The minimum absolute atomic E-state index is 0.112. The summed E-state index contributed by atoms with van der Waals surface area (Å²) in [5, 5.41) is 5.40. The second-order valence-corrected chi connectivity index (χ2v) is 11.0. The average molecular weight is 471 g/mol. The summed E-state index contributed by atoms with van der Waals surface area (Å²) in [5.41, 5.74) is 3.12. The maximum absolute atomic E-state index is 12.7. The van der Waals surface area contributed by atoms with Crippen molar-refractivity contribution in [2.45, 2.75) is 37.5 Å². The highest BCUT2D eigenvalue weighted by molar-refractivity contribution is 7.89. The fourth-order valence-electron chi connectivity index (χ4n) is 3.72. The number of hydrogen-bond donors (Lipinski definition) is 1. The van der Waals surface area contributed by atoms with Crippen molar-refractivity contribution >= 4 is 32.4 Å². The van der Waals surface area contributed by atoms with Gasteiger partial charge in [-0.1, -0.05) is 38.1 Å². The van der Waals surface area contributed by atoms with Gasteiger partial charge in [-0.3, -0.25) is 9.78 Å². The molecular formula is C23H26N4O3S2. The second kappa shape index (κ2) is 9.48. The third kappa shape index (κ3) is 4.90. The van der Waals surface area contributed by atoms with Crippen LogP contribution in [0.5, 0.6) is 0 Å². The van der Waals surface area contributed by atoms with E-state index in [1.165, 1.54) is 33.5 Å². The molecule has 0 unspecified atom stereocenters. The third-order valence-electron chi connectivity index (χ3n) is 5.70. The molecule has 7 nitrogen and oxygen atoms in total. The van der Waals surface area contributed by atoms with E-state index in [4.69, 9.17) is 0 Å². The van der Waals surface area contributed by atoms with E-state index >= 15 is 0 Å². The molecule has 0 atom stereocenters. The summed E-state index contributed by atoms with van der Waals surface area (Å²) < 4.78 is 26.9. The van der Waals surface area contributed by atoms with Crippen LogP contribution < -0.4 is 5.32 Å². The van der Waals surface area contributed by atoms with Crippen molar-refractivity contribution in [2.75, 3.05) is 18.4 Å². The number of sulfonamides is 1. The number of carbonyl (C=O) groups excluding carboxylic acids is 1. The molecule has 0 spiro atoms. The highest BCUT2D eigenvalue weighted by Gasteiger charge is 2.32. The first-order valence-electron chi connectivity index (χ1n) is 10.6. The summed E-state index contributed by atoms with van der Waals surface area (Å²) in [4.78, 5) is 21.4. The number of hydrogen-bond acceptors (Lipinski definition) is 6. The van der Waals surface area contributed by atoms with Crippen molar-refractivity contribution in [1.29, 1.82) is 0 Å². The number of benzene rings is 1. The maximum Gasteiger partial charge on any atom is 0.244 e. The Bertz CT molecular complexity index is 1170. The SMILES string of the molecule is CC(C)c1ccc(-c2csc(NC(=O)C3CCN(S(=O)(=O)c4cccnc4)CC3)n2)cc1. The van der Waals surface area contributed by atoms with Crippen molar-refractivity contribution in [1.82, 2.24) is 14.3 Å². The van der Waals surface area contributed by atoms with Crippen molar-refractivity contribution in [3.05, 3.63) is 59.7 Å². The van der Waals surface area contributed by atoms with Gasteiger partial charge in [0.25, 0.3) is 0 Å². The molecule has 3 aromatic rings. The van der Waals surface area contributed by atoms with Gasteiger partial charge < -0.3 is 5.32 Å². The molecule has 0 aliphatic carbocycles. The van der Waals surface area contributed by atoms with E-state index in [-0.39, 0.29) is 16.7 Å². The lowest BCUT2D eigenvalue weighted by Crippen LogP contribution is -2.41. The Morgan fingerprint density at radius 2 is 1.88 bits per heavy atom. The Morgan fingerprint density at radius 1 is 1.16 bits per heavy atom. The largest absolute Gasteiger partial charge is 0.302 e. The van der Waals surface area contributed by atoms with Crippen molar-refractivity contribution < 1.29 is 13.2 Å². The van der Waals surface area contributed by atoms with Gasteiger partial charge in [-0.25, -0.2) is 13.4 Å². The summed E-state index contributed by atoms with van der Waals surface area (Å²) in [6.45, 7) is 4.93. The van der Waals surface area contributed by atoms with Crippen LogP contribution in [0.25, 0.3) is 11.3 Å². The molecular weight excluding hydrogens is 444 g/mol. The highest BCUT2D eigenvalue weighted by Crippen LogP contribution is 2.28. The highest BCUT2D eigenvalue weighted by atomic mass is 32.2. The van der Waals surface area contributed by atoms with Gasteiger partial charge in [0.15, 0.2) is 5.13 Å². The average Bonchev–Trinajstić information content (AvgIpc) is 3.28. The first-order valence-corrected chi connectivity index (χ1v) is 12.9. The topological polar surface area (TPSA) is 92.3 Å². The van der Waals surface area contributed by atoms with Gasteiger partial charge in [0.05, 0.1) is 5.69 Å². The Hall–Kier alpha value is -2.62. The minimum Gasteiger partial charge on any atom is -0.302 e. The lowest BCUT2D eigenvalue weighted by atomic mass is 9.97. The van der Waals surface area contributed by atoms with E-state index in [1.807, 2.05) is 5.38 Å². The zero-order chi connectivity index (χ0) is 22.7. The van der Waals surface area contributed by atoms with Crippen LogP contribution in [0.4, 0.5) is 5.13 Å². The number of nitrogens with zero attached hydrogens (tertiary/aromatic N) is 3. The fourth-order valence-corrected chi connectivity index (χ4v) is 5.87. The summed E-state index contributed by atoms with van der Waals surface area (Å²) in [7, 11) is -3.58. The molecule has 4 rings (SSSR count). The molecule has 32 heavy (non-hydrogen) atoms. The molecule has 1 amide bonds. The number of anilines is 1. The van der Waals surface area contributed by atoms with Crippen LogP contribution in [-0.2, 0) is 14.8 Å². The summed E-state index contributed by atoms with van der Waals surface area (Å²) in [5.74, 6) is 0.118. The standard InChI is InChI=1S/C23H26N4O3S2/c1-16(2)17-5-7-18(8-6-17)21-15-31-23(25-21)26-22(28)19-9-12-27(13-10-19)32(29,30)20-4-3-11-24-14-20/h3-8,11,14-16,19H,9-10,12-13H2,1-2H3,(H,25,26,28). The number of nitrogens with one attached hydrogen (secondary N) is 1. The fraction of sp³-hybridized carbons (Fsp3) is 0.348. The van der Waals surface area contributed by atoms with Crippen molar-refractivity contribution in [2.24, 2.45) is 5.92 Å². The molecule has 168 valence electrons. The number of carbonyl (C=O) groups is 1. The Kier molecular flexibility index (Phi) is 6.68. The monoisotopic (exact) mass is 470 g/mol. The predicted octanol–water partition coefficient (Wildman–Crippen LogP) is 4.37. The predicted molar refractivity (Wildman–Crippen MR) is 126 cm³/mol. The molecule has 0 saturated carbocycles. The molecule has 0 bridgehead atoms. The van der Waals surface area contributed by atoms with E-state index < -0.39 is 10.0 Å². The number of amides is 1. The van der Waals surface area contributed by atoms with Gasteiger partial charge in [-0.15, -0.1) is 11.3 Å². The van der Waals surface area contributed by atoms with E-state index in [0.717, 1.165) is 11.3 Å². The first kappa shape index (κ1) is 22.6. The van der Waals surface area contributed by atoms with Crippen LogP contribution in [0.3, 0.4) is 0 Å².